The van der Waals surface area contributed by atoms with Gasteiger partial charge in [0.05, 0.1) is 23.9 Å². The van der Waals surface area contributed by atoms with Crippen molar-refractivity contribution >= 4 is 35.6 Å². The summed E-state index contributed by atoms with van der Waals surface area (Å²) < 4.78 is 19.8. The Labute approximate surface area is 160 Å². The first-order valence-electron chi connectivity index (χ1n) is 8.15. The Kier molecular flexibility index (Phi) is 6.68. The van der Waals surface area contributed by atoms with Gasteiger partial charge in [0.1, 0.15) is 5.82 Å². The monoisotopic (exact) mass is 448 g/mol. The van der Waals surface area contributed by atoms with Crippen molar-refractivity contribution in [2.45, 2.75) is 44.1 Å². The van der Waals surface area contributed by atoms with Crippen molar-refractivity contribution in [3.05, 3.63) is 29.6 Å². The fraction of sp³-hybridized carbons (Fsp3) is 0.588. The van der Waals surface area contributed by atoms with E-state index in [9.17, 15) is 4.39 Å². The fourth-order valence-electron chi connectivity index (χ4n) is 3.37. The van der Waals surface area contributed by atoms with Crippen LogP contribution in [0.4, 0.5) is 10.1 Å². The summed E-state index contributed by atoms with van der Waals surface area (Å²) in [7, 11) is 5.41. The average Bonchev–Trinajstić information content (AvgIpc) is 3.13. The molecule has 3 rings (SSSR count). The standard InChI is InChI=1S/C17H25FN4O.HI/c1-19-17(21-14-9-12-5-7-16(14)23-12)20-10-11-4-6-15(22(2)3)13(18)8-11;/h4,6,8,12,14,16H,5,7,9-10H2,1-3H3,(H2,19,20,21);1H. The molecule has 7 heteroatoms. The van der Waals surface area contributed by atoms with Gasteiger partial charge in [-0.15, -0.1) is 24.0 Å². The third-order valence-electron chi connectivity index (χ3n) is 4.61. The van der Waals surface area contributed by atoms with E-state index >= 15 is 0 Å². The van der Waals surface area contributed by atoms with E-state index in [1.807, 2.05) is 20.2 Å². The summed E-state index contributed by atoms with van der Waals surface area (Å²) >= 11 is 0. The number of anilines is 1. The number of hydrogen-bond donors (Lipinski definition) is 2. The van der Waals surface area contributed by atoms with Gasteiger partial charge in [0, 0.05) is 27.7 Å². The van der Waals surface area contributed by atoms with Gasteiger partial charge in [-0.25, -0.2) is 4.39 Å². The van der Waals surface area contributed by atoms with Crippen molar-refractivity contribution in [1.29, 1.82) is 0 Å². The van der Waals surface area contributed by atoms with Crippen LogP contribution in [-0.4, -0.2) is 45.4 Å². The van der Waals surface area contributed by atoms with Crippen molar-refractivity contribution in [2.75, 3.05) is 26.0 Å². The highest BCUT2D eigenvalue weighted by Gasteiger charge is 2.41. The van der Waals surface area contributed by atoms with Crippen LogP contribution in [0.1, 0.15) is 24.8 Å². The molecule has 24 heavy (non-hydrogen) atoms. The largest absolute Gasteiger partial charge is 0.375 e. The van der Waals surface area contributed by atoms with Crippen molar-refractivity contribution in [2.24, 2.45) is 4.99 Å². The fourth-order valence-corrected chi connectivity index (χ4v) is 3.37. The Morgan fingerprint density at radius 3 is 2.71 bits per heavy atom. The molecule has 1 aromatic carbocycles. The molecule has 0 aliphatic carbocycles. The Balaban J connectivity index is 0.00000208. The van der Waals surface area contributed by atoms with Crippen LogP contribution in [0, 0.1) is 5.82 Å². The molecule has 0 saturated carbocycles. The van der Waals surface area contributed by atoms with Crippen LogP contribution in [0.5, 0.6) is 0 Å². The smallest absolute Gasteiger partial charge is 0.191 e. The molecule has 0 spiro atoms. The summed E-state index contributed by atoms with van der Waals surface area (Å²) in [4.78, 5) is 6.02. The number of halogens is 2. The van der Waals surface area contributed by atoms with Crippen LogP contribution in [0.3, 0.4) is 0 Å². The number of aliphatic imine (C=N–C) groups is 1. The second-order valence-electron chi connectivity index (χ2n) is 6.47. The van der Waals surface area contributed by atoms with E-state index in [1.165, 1.54) is 6.42 Å². The Morgan fingerprint density at radius 1 is 1.38 bits per heavy atom. The van der Waals surface area contributed by atoms with Crippen LogP contribution in [-0.2, 0) is 11.3 Å². The predicted octanol–water partition coefficient (Wildman–Crippen LogP) is 2.49. The van der Waals surface area contributed by atoms with Crippen LogP contribution in [0.25, 0.3) is 0 Å². The van der Waals surface area contributed by atoms with Crippen LogP contribution in [0.15, 0.2) is 23.2 Å². The average molecular weight is 448 g/mol. The van der Waals surface area contributed by atoms with Gasteiger partial charge in [-0.2, -0.15) is 0 Å². The Hall–Kier alpha value is -1.09. The lowest BCUT2D eigenvalue weighted by Crippen LogP contribution is -2.47. The maximum Gasteiger partial charge on any atom is 0.191 e. The minimum Gasteiger partial charge on any atom is -0.375 e. The minimum atomic E-state index is -0.209. The molecular weight excluding hydrogens is 422 g/mol. The summed E-state index contributed by atoms with van der Waals surface area (Å²) in [6.07, 6.45) is 4.04. The van der Waals surface area contributed by atoms with Crippen LogP contribution >= 0.6 is 24.0 Å². The molecule has 2 fully saturated rings. The number of benzene rings is 1. The molecule has 3 atom stereocenters. The van der Waals surface area contributed by atoms with E-state index in [2.05, 4.69) is 15.6 Å². The lowest BCUT2D eigenvalue weighted by atomic mass is 9.96. The lowest BCUT2D eigenvalue weighted by molar-refractivity contribution is 0.0992. The second kappa shape index (κ2) is 8.33. The van der Waals surface area contributed by atoms with E-state index < -0.39 is 0 Å². The summed E-state index contributed by atoms with van der Waals surface area (Å²) in [5.41, 5.74) is 1.48. The number of nitrogens with zero attached hydrogens (tertiary/aromatic N) is 2. The van der Waals surface area contributed by atoms with Gasteiger partial charge in [-0.1, -0.05) is 6.07 Å². The quantitative estimate of drug-likeness (QED) is 0.422. The molecule has 0 amide bonds. The molecule has 2 bridgehead atoms. The molecule has 1 aromatic rings. The van der Waals surface area contributed by atoms with Crippen molar-refractivity contribution in [3.63, 3.8) is 0 Å². The van der Waals surface area contributed by atoms with E-state index in [-0.39, 0.29) is 29.8 Å². The number of nitrogens with one attached hydrogen (secondary N) is 2. The molecule has 2 aliphatic heterocycles. The third kappa shape index (κ3) is 4.30. The first kappa shape index (κ1) is 19.2. The van der Waals surface area contributed by atoms with Gasteiger partial charge < -0.3 is 20.3 Å². The highest BCUT2D eigenvalue weighted by Crippen LogP contribution is 2.34. The topological polar surface area (TPSA) is 48.9 Å². The second-order valence-corrected chi connectivity index (χ2v) is 6.47. The summed E-state index contributed by atoms with van der Waals surface area (Å²) in [6.45, 7) is 0.534. The third-order valence-corrected chi connectivity index (χ3v) is 4.61. The molecule has 134 valence electrons. The van der Waals surface area contributed by atoms with Gasteiger partial charge >= 0.3 is 0 Å². The number of hydrogen-bond acceptors (Lipinski definition) is 3. The first-order valence-corrected chi connectivity index (χ1v) is 8.15. The molecule has 5 nitrogen and oxygen atoms in total. The highest BCUT2D eigenvalue weighted by atomic mass is 127. The molecule has 0 aromatic heterocycles. The summed E-state index contributed by atoms with van der Waals surface area (Å²) in [5, 5.41) is 6.67. The molecular formula is C17H26FIN4O. The van der Waals surface area contributed by atoms with Crippen molar-refractivity contribution in [3.8, 4) is 0 Å². The summed E-state index contributed by atoms with van der Waals surface area (Å²) in [6, 6.07) is 5.62. The molecule has 2 heterocycles. The zero-order chi connectivity index (χ0) is 16.4. The molecule has 3 unspecified atom stereocenters. The summed E-state index contributed by atoms with van der Waals surface area (Å²) in [5.74, 6) is 0.530. The Bertz CT molecular complexity index is 596. The van der Waals surface area contributed by atoms with Gasteiger partial charge in [0.25, 0.3) is 0 Å². The van der Waals surface area contributed by atoms with Crippen LogP contribution < -0.4 is 15.5 Å². The molecule has 2 saturated heterocycles. The lowest BCUT2D eigenvalue weighted by Gasteiger charge is -2.22. The van der Waals surface area contributed by atoms with E-state index in [0.29, 0.717) is 30.5 Å². The molecule has 0 radical (unpaired) electrons. The van der Waals surface area contributed by atoms with Gasteiger partial charge in [-0.3, -0.25) is 4.99 Å². The van der Waals surface area contributed by atoms with Gasteiger partial charge in [-0.05, 0) is 37.0 Å². The SMILES string of the molecule is CN=C(NCc1ccc(N(C)C)c(F)c1)NC1CC2CCC1O2.I. The zero-order valence-corrected chi connectivity index (χ0v) is 16.7. The molecule has 2 N–H and O–H groups in total. The van der Waals surface area contributed by atoms with E-state index in [0.717, 1.165) is 24.4 Å². The van der Waals surface area contributed by atoms with Crippen LogP contribution in [0.2, 0.25) is 0 Å². The highest BCUT2D eigenvalue weighted by molar-refractivity contribution is 14.0. The molecule has 2 aliphatic rings. The zero-order valence-electron chi connectivity index (χ0n) is 14.4. The minimum absolute atomic E-state index is 0. The predicted molar refractivity (Wildman–Crippen MR) is 106 cm³/mol. The van der Waals surface area contributed by atoms with Crippen molar-refractivity contribution < 1.29 is 9.13 Å². The van der Waals surface area contributed by atoms with Crippen molar-refractivity contribution in [1.82, 2.24) is 10.6 Å². The number of ether oxygens (including phenoxy) is 1. The normalized spacial score (nSPS) is 25.3. The maximum absolute atomic E-state index is 14.0. The Morgan fingerprint density at radius 2 is 2.17 bits per heavy atom. The first-order chi connectivity index (χ1) is 11.1. The number of rotatable bonds is 4. The van der Waals surface area contributed by atoms with E-state index in [4.69, 9.17) is 4.74 Å². The van der Waals surface area contributed by atoms with Gasteiger partial charge in [0.2, 0.25) is 0 Å². The number of fused-ring (bicyclic) bond motifs is 2. The number of guanidine groups is 1. The van der Waals surface area contributed by atoms with E-state index in [1.54, 1.807) is 24.1 Å². The van der Waals surface area contributed by atoms with Gasteiger partial charge in [0.15, 0.2) is 5.96 Å². The maximum atomic E-state index is 14.0.